The molecule has 0 aromatic heterocycles. The summed E-state index contributed by atoms with van der Waals surface area (Å²) in [7, 11) is 0. The molecule has 0 saturated carbocycles. The number of hydrogen-bond acceptors (Lipinski definition) is 2. The fourth-order valence-corrected chi connectivity index (χ4v) is 2.55. The van der Waals surface area contributed by atoms with Crippen LogP contribution < -0.4 is 9.47 Å². The van der Waals surface area contributed by atoms with Gasteiger partial charge in [0.15, 0.2) is 0 Å². The Morgan fingerprint density at radius 3 is 2.37 bits per heavy atom. The van der Waals surface area contributed by atoms with Crippen LogP contribution in [0.3, 0.4) is 0 Å². The number of rotatable bonds is 5. The van der Waals surface area contributed by atoms with Crippen LogP contribution in [-0.4, -0.2) is 6.36 Å². The molecule has 0 unspecified atom stereocenters. The predicted molar refractivity (Wildman–Crippen MR) is 97.3 cm³/mol. The van der Waals surface area contributed by atoms with E-state index in [1.807, 2.05) is 30.3 Å². The maximum Gasteiger partial charge on any atom is 0.573 e. The van der Waals surface area contributed by atoms with Crippen molar-refractivity contribution < 1.29 is 22.6 Å². The van der Waals surface area contributed by atoms with Crippen molar-refractivity contribution in [2.45, 2.75) is 13.0 Å². The Kier molecular flexibility index (Phi) is 5.37. The summed E-state index contributed by atoms with van der Waals surface area (Å²) in [5.74, 6) is 2.63. The van der Waals surface area contributed by atoms with Crippen LogP contribution in [0.25, 0.3) is 11.1 Å². The summed E-state index contributed by atoms with van der Waals surface area (Å²) >= 11 is 0. The number of halogens is 3. The normalized spacial score (nSPS) is 10.9. The molecular weight excluding hydrogens is 353 g/mol. The van der Waals surface area contributed by atoms with E-state index in [0.29, 0.717) is 23.5 Å². The number of alkyl halides is 3. The van der Waals surface area contributed by atoms with Crippen LogP contribution in [-0.2, 0) is 6.61 Å². The molecule has 0 aliphatic carbocycles. The Bertz CT molecular complexity index is 957. The molecule has 3 aromatic rings. The molecule has 0 aliphatic rings. The highest BCUT2D eigenvalue weighted by molar-refractivity contribution is 5.73. The molecule has 2 nitrogen and oxygen atoms in total. The van der Waals surface area contributed by atoms with Crippen molar-refractivity contribution in [3.63, 3.8) is 0 Å². The Morgan fingerprint density at radius 2 is 1.67 bits per heavy atom. The Balaban J connectivity index is 1.90. The van der Waals surface area contributed by atoms with Crippen LogP contribution in [0.2, 0.25) is 0 Å². The largest absolute Gasteiger partial charge is 0.573 e. The summed E-state index contributed by atoms with van der Waals surface area (Å²) < 4.78 is 48.1. The maximum absolute atomic E-state index is 12.7. The van der Waals surface area contributed by atoms with Gasteiger partial charge in [-0.3, -0.25) is 0 Å². The van der Waals surface area contributed by atoms with Crippen LogP contribution in [0.15, 0.2) is 72.8 Å². The van der Waals surface area contributed by atoms with E-state index >= 15 is 0 Å². The molecule has 5 heteroatoms. The fourth-order valence-electron chi connectivity index (χ4n) is 2.55. The van der Waals surface area contributed by atoms with Crippen molar-refractivity contribution >= 4 is 0 Å². The highest BCUT2D eigenvalue weighted by Crippen LogP contribution is 2.36. The van der Waals surface area contributed by atoms with Gasteiger partial charge in [-0.1, -0.05) is 48.4 Å². The molecule has 0 radical (unpaired) electrons. The zero-order valence-corrected chi connectivity index (χ0v) is 14.2. The predicted octanol–water partition coefficient (Wildman–Crippen LogP) is 5.81. The third-order valence-electron chi connectivity index (χ3n) is 3.77. The maximum atomic E-state index is 12.7. The lowest BCUT2D eigenvalue weighted by atomic mass is 10.0. The summed E-state index contributed by atoms with van der Waals surface area (Å²) in [6.07, 6.45) is 0.581. The molecule has 3 rings (SSSR count). The first-order valence-corrected chi connectivity index (χ1v) is 8.08. The number of ether oxygens (including phenoxy) is 2. The Labute approximate surface area is 155 Å². The molecule has 136 valence electrons. The van der Waals surface area contributed by atoms with Crippen LogP contribution in [0.4, 0.5) is 13.2 Å². The molecule has 0 bridgehead atoms. The van der Waals surface area contributed by atoms with Gasteiger partial charge >= 0.3 is 6.36 Å². The Hall–Kier alpha value is -3.39. The molecular formula is C22H15F3O2. The first-order chi connectivity index (χ1) is 12.9. The first kappa shape index (κ1) is 18.4. The van der Waals surface area contributed by atoms with Crippen molar-refractivity contribution in [3.05, 3.63) is 83.9 Å². The van der Waals surface area contributed by atoms with Crippen LogP contribution in [0.1, 0.15) is 11.1 Å². The van der Waals surface area contributed by atoms with Gasteiger partial charge in [0.2, 0.25) is 0 Å². The van der Waals surface area contributed by atoms with Crippen molar-refractivity contribution in [1.82, 2.24) is 0 Å². The van der Waals surface area contributed by atoms with E-state index in [4.69, 9.17) is 11.2 Å². The van der Waals surface area contributed by atoms with E-state index in [2.05, 4.69) is 10.7 Å². The second-order valence-electron chi connectivity index (χ2n) is 5.71. The van der Waals surface area contributed by atoms with Crippen molar-refractivity contribution in [1.29, 1.82) is 0 Å². The molecule has 0 atom stereocenters. The van der Waals surface area contributed by atoms with E-state index in [9.17, 15) is 13.2 Å². The van der Waals surface area contributed by atoms with E-state index in [1.54, 1.807) is 24.3 Å². The average Bonchev–Trinajstić information content (AvgIpc) is 2.66. The zero-order valence-electron chi connectivity index (χ0n) is 14.2. The number of terminal acetylenes is 1. The third kappa shape index (κ3) is 5.05. The van der Waals surface area contributed by atoms with Crippen molar-refractivity contribution in [3.8, 4) is 35.0 Å². The lowest BCUT2D eigenvalue weighted by molar-refractivity contribution is -0.274. The van der Waals surface area contributed by atoms with Gasteiger partial charge in [0.05, 0.1) is 0 Å². The van der Waals surface area contributed by atoms with Crippen molar-refractivity contribution in [2.75, 3.05) is 0 Å². The second-order valence-corrected chi connectivity index (χ2v) is 5.71. The van der Waals surface area contributed by atoms with Gasteiger partial charge < -0.3 is 9.47 Å². The van der Waals surface area contributed by atoms with E-state index in [0.717, 1.165) is 5.56 Å². The molecule has 0 spiro atoms. The second kappa shape index (κ2) is 7.88. The minimum absolute atomic E-state index is 0.243. The lowest BCUT2D eigenvalue weighted by Gasteiger charge is -2.15. The summed E-state index contributed by atoms with van der Waals surface area (Å²) in [4.78, 5) is 0. The molecule has 0 N–H and O–H groups in total. The van der Waals surface area contributed by atoms with E-state index < -0.39 is 6.36 Å². The molecule has 0 heterocycles. The molecule has 0 amide bonds. The molecule has 27 heavy (non-hydrogen) atoms. The fraction of sp³-hybridized carbons (Fsp3) is 0.0909. The summed E-state index contributed by atoms with van der Waals surface area (Å²) in [6, 6.07) is 20.4. The van der Waals surface area contributed by atoms with Gasteiger partial charge in [-0.25, -0.2) is 0 Å². The smallest absolute Gasteiger partial charge is 0.489 e. The van der Waals surface area contributed by atoms with Crippen LogP contribution in [0, 0.1) is 12.3 Å². The molecule has 0 saturated heterocycles. The topological polar surface area (TPSA) is 18.5 Å². The number of hydrogen-bond donors (Lipinski definition) is 0. The molecule has 0 aliphatic heterocycles. The first-order valence-electron chi connectivity index (χ1n) is 8.08. The third-order valence-corrected chi connectivity index (χ3v) is 3.77. The minimum Gasteiger partial charge on any atom is -0.489 e. The van der Waals surface area contributed by atoms with Crippen LogP contribution >= 0.6 is 0 Å². The quantitative estimate of drug-likeness (QED) is 0.529. The van der Waals surface area contributed by atoms with Gasteiger partial charge in [-0.05, 0) is 41.5 Å². The summed E-state index contributed by atoms with van der Waals surface area (Å²) in [6.45, 7) is 0.348. The molecule has 0 fully saturated rings. The van der Waals surface area contributed by atoms with Gasteiger partial charge in [0.1, 0.15) is 18.1 Å². The standard InChI is InChI=1S/C22H15F3O2/c1-2-16-11-12-21(27-22(23,24)25)20(13-16)18-9-6-10-19(14-18)26-15-17-7-4-3-5-8-17/h1,3-14H,15H2. The number of benzene rings is 3. The van der Waals surface area contributed by atoms with E-state index in [-0.39, 0.29) is 11.3 Å². The zero-order chi connectivity index (χ0) is 19.3. The Morgan fingerprint density at radius 1 is 0.889 bits per heavy atom. The van der Waals surface area contributed by atoms with E-state index in [1.165, 1.54) is 18.2 Å². The van der Waals surface area contributed by atoms with Gasteiger partial charge in [0.25, 0.3) is 0 Å². The minimum atomic E-state index is -4.80. The van der Waals surface area contributed by atoms with Crippen molar-refractivity contribution in [2.24, 2.45) is 0 Å². The molecule has 3 aromatic carbocycles. The highest BCUT2D eigenvalue weighted by atomic mass is 19.4. The lowest BCUT2D eigenvalue weighted by Crippen LogP contribution is -2.17. The van der Waals surface area contributed by atoms with Gasteiger partial charge in [-0.15, -0.1) is 19.6 Å². The summed E-state index contributed by atoms with van der Waals surface area (Å²) in [5, 5.41) is 0. The monoisotopic (exact) mass is 368 g/mol. The SMILES string of the molecule is C#Cc1ccc(OC(F)(F)F)c(-c2cccc(OCc3ccccc3)c2)c1. The average molecular weight is 368 g/mol. The van der Waals surface area contributed by atoms with Crippen LogP contribution in [0.5, 0.6) is 11.5 Å². The van der Waals surface area contributed by atoms with Gasteiger partial charge in [-0.2, -0.15) is 0 Å². The highest BCUT2D eigenvalue weighted by Gasteiger charge is 2.32. The van der Waals surface area contributed by atoms with Gasteiger partial charge in [0, 0.05) is 11.1 Å². The summed E-state index contributed by atoms with van der Waals surface area (Å²) in [5.41, 5.74) is 2.19.